The minimum absolute atomic E-state index is 0.0306. The van der Waals surface area contributed by atoms with E-state index in [0.29, 0.717) is 36.0 Å². The molecule has 4 heterocycles. The highest BCUT2D eigenvalue weighted by Gasteiger charge is 2.52. The molecule has 5 N–H and O–H groups in total. The first-order chi connectivity index (χ1) is 29.6. The number of carbonyl (C=O) groups excluding carboxylic acids is 6. The van der Waals surface area contributed by atoms with Gasteiger partial charge in [0, 0.05) is 44.1 Å². The van der Waals surface area contributed by atoms with Gasteiger partial charge in [0.2, 0.25) is 29.5 Å². The molecule has 3 aliphatic heterocycles. The lowest BCUT2D eigenvalue weighted by Crippen LogP contribution is -2.71. The van der Waals surface area contributed by atoms with E-state index in [4.69, 9.17) is 10.5 Å². The van der Waals surface area contributed by atoms with Gasteiger partial charge < -0.3 is 36.2 Å². The highest BCUT2D eigenvalue weighted by molar-refractivity contribution is 6.01. The molecule has 4 aliphatic rings. The normalized spacial score (nSPS) is 20.3. The molecule has 322 valence electrons. The Balaban J connectivity index is 1.14. The second-order valence-electron chi connectivity index (χ2n) is 16.6. The standard InChI is InChI=1S/C47H57N7O7/c1-52(29-32-16-8-5-9-17-32)45(58)38(26-31-14-6-4-7-15-31)50-43(56)37(49-41(55)28-39-46(59)54-35-22-20-33(21-23-35)42(54)44(57)51-39)27-34-30-53(40-19-11-10-18-36(34)40)47(60)61-25-13-3-2-12-24-48/h4-11,14-19,30,33,35,37-39,42H,2-3,12-13,20-29,48H2,1H3,(H,49,55)(H,50,56)(H,51,57)/t33?,35?,37-,38+,39?,42?/m1/s1. The van der Waals surface area contributed by atoms with E-state index in [1.807, 2.05) is 72.8 Å². The Kier molecular flexibility index (Phi) is 14.1. The molecule has 5 amide bonds. The molecular formula is C47H57N7O7. The molecule has 2 unspecified atom stereocenters. The Labute approximate surface area is 356 Å². The number of para-hydroxylation sites is 1. The largest absolute Gasteiger partial charge is 0.449 e. The molecule has 4 atom stereocenters. The minimum atomic E-state index is -1.25. The molecule has 1 aromatic heterocycles. The topological polar surface area (TPSA) is 185 Å². The number of hydrogen-bond donors (Lipinski definition) is 4. The van der Waals surface area contributed by atoms with Crippen LogP contribution in [0.1, 0.15) is 74.5 Å². The fraction of sp³-hybridized carbons (Fsp3) is 0.447. The van der Waals surface area contributed by atoms with E-state index in [1.54, 1.807) is 35.2 Å². The van der Waals surface area contributed by atoms with Crippen LogP contribution in [0.25, 0.3) is 10.9 Å². The number of nitrogens with zero attached hydrogens (tertiary/aromatic N) is 3. The van der Waals surface area contributed by atoms with Crippen LogP contribution >= 0.6 is 0 Å². The summed E-state index contributed by atoms with van der Waals surface area (Å²) in [6.07, 6.45) is 7.68. The van der Waals surface area contributed by atoms with Crippen LogP contribution in [-0.2, 0) is 48.1 Å². The SMILES string of the molecule is CN(Cc1ccccc1)C(=O)[C@H](Cc1ccccc1)NC(=O)[C@@H](Cc1cn(C(=O)OCCCCCCN)c2ccccc12)NC(=O)CC1NC(=O)C2C3CCC(CC3)N2C1=O. The van der Waals surface area contributed by atoms with Crippen LogP contribution in [0.3, 0.4) is 0 Å². The molecule has 8 rings (SSSR count). The molecule has 4 aromatic rings. The molecule has 3 aromatic carbocycles. The molecule has 61 heavy (non-hydrogen) atoms. The number of piperidine rings is 2. The molecule has 14 heteroatoms. The molecule has 1 saturated carbocycles. The molecule has 0 spiro atoms. The number of amides is 5. The summed E-state index contributed by atoms with van der Waals surface area (Å²) < 4.78 is 7.04. The lowest BCUT2D eigenvalue weighted by atomic mass is 9.73. The Morgan fingerprint density at radius 2 is 1.49 bits per heavy atom. The lowest BCUT2D eigenvalue weighted by molar-refractivity contribution is -0.163. The summed E-state index contributed by atoms with van der Waals surface area (Å²) in [7, 11) is 1.68. The Bertz CT molecular complexity index is 2190. The maximum Gasteiger partial charge on any atom is 0.418 e. The molecular weight excluding hydrogens is 775 g/mol. The third-order valence-electron chi connectivity index (χ3n) is 12.3. The number of carbonyl (C=O) groups is 6. The molecule has 3 saturated heterocycles. The Hall–Kier alpha value is -6.02. The molecule has 4 fully saturated rings. The zero-order chi connectivity index (χ0) is 42.9. The van der Waals surface area contributed by atoms with E-state index >= 15 is 0 Å². The lowest BCUT2D eigenvalue weighted by Gasteiger charge is -2.53. The van der Waals surface area contributed by atoms with Gasteiger partial charge in [-0.15, -0.1) is 0 Å². The minimum Gasteiger partial charge on any atom is -0.449 e. The van der Waals surface area contributed by atoms with Gasteiger partial charge in [0.1, 0.15) is 24.2 Å². The highest BCUT2D eigenvalue weighted by Crippen LogP contribution is 2.41. The van der Waals surface area contributed by atoms with Gasteiger partial charge in [-0.2, -0.15) is 0 Å². The van der Waals surface area contributed by atoms with E-state index in [-0.39, 0.29) is 55.6 Å². The Morgan fingerprint density at radius 1 is 0.820 bits per heavy atom. The van der Waals surface area contributed by atoms with Gasteiger partial charge in [0.05, 0.1) is 18.5 Å². The summed E-state index contributed by atoms with van der Waals surface area (Å²) in [4.78, 5) is 86.7. The van der Waals surface area contributed by atoms with E-state index < -0.39 is 42.1 Å². The summed E-state index contributed by atoms with van der Waals surface area (Å²) in [5, 5.41) is 9.31. The van der Waals surface area contributed by atoms with Gasteiger partial charge >= 0.3 is 6.09 Å². The summed E-state index contributed by atoms with van der Waals surface area (Å²) in [6.45, 7) is 1.16. The van der Waals surface area contributed by atoms with Gasteiger partial charge in [-0.05, 0) is 73.7 Å². The number of fused-ring (bicyclic) bond motifs is 3. The van der Waals surface area contributed by atoms with Crippen molar-refractivity contribution in [2.45, 2.75) is 107 Å². The van der Waals surface area contributed by atoms with Crippen LogP contribution in [0.4, 0.5) is 4.79 Å². The van der Waals surface area contributed by atoms with Crippen molar-refractivity contribution in [1.29, 1.82) is 0 Å². The van der Waals surface area contributed by atoms with E-state index in [1.165, 1.54) is 4.57 Å². The number of piperazine rings is 1. The summed E-state index contributed by atoms with van der Waals surface area (Å²) in [5.41, 5.74) is 8.50. The van der Waals surface area contributed by atoms with Crippen LogP contribution in [0, 0.1) is 5.92 Å². The Morgan fingerprint density at radius 3 is 2.21 bits per heavy atom. The average Bonchev–Trinajstić information content (AvgIpc) is 3.64. The first kappa shape index (κ1) is 43.1. The van der Waals surface area contributed by atoms with Crippen LogP contribution in [0.15, 0.2) is 91.1 Å². The van der Waals surface area contributed by atoms with Crippen molar-refractivity contribution in [2.24, 2.45) is 11.7 Å². The zero-order valence-corrected chi connectivity index (χ0v) is 34.8. The predicted molar refractivity (Wildman–Crippen MR) is 230 cm³/mol. The maximum absolute atomic E-state index is 14.6. The van der Waals surface area contributed by atoms with Crippen molar-refractivity contribution in [3.05, 3.63) is 108 Å². The van der Waals surface area contributed by atoms with Crippen LogP contribution in [0.2, 0.25) is 0 Å². The predicted octanol–water partition coefficient (Wildman–Crippen LogP) is 4.22. The third-order valence-corrected chi connectivity index (χ3v) is 12.3. The summed E-state index contributed by atoms with van der Waals surface area (Å²) in [5.74, 6) is -2.00. The van der Waals surface area contributed by atoms with Crippen molar-refractivity contribution < 1.29 is 33.5 Å². The second-order valence-corrected chi connectivity index (χ2v) is 16.6. The number of benzene rings is 3. The molecule has 2 bridgehead atoms. The van der Waals surface area contributed by atoms with Gasteiger partial charge in [-0.1, -0.05) is 91.7 Å². The highest BCUT2D eigenvalue weighted by atomic mass is 16.5. The van der Waals surface area contributed by atoms with Crippen LogP contribution in [0.5, 0.6) is 0 Å². The smallest absolute Gasteiger partial charge is 0.418 e. The first-order valence-electron chi connectivity index (χ1n) is 21.6. The fourth-order valence-electron chi connectivity index (χ4n) is 9.23. The zero-order valence-electron chi connectivity index (χ0n) is 34.8. The van der Waals surface area contributed by atoms with E-state index in [0.717, 1.165) is 56.1 Å². The number of aromatic nitrogens is 1. The van der Waals surface area contributed by atoms with Crippen molar-refractivity contribution in [1.82, 2.24) is 30.3 Å². The second kappa shape index (κ2) is 20.0. The van der Waals surface area contributed by atoms with E-state index in [9.17, 15) is 28.8 Å². The fourth-order valence-corrected chi connectivity index (χ4v) is 9.23. The summed E-state index contributed by atoms with van der Waals surface area (Å²) in [6, 6.07) is 22.2. The van der Waals surface area contributed by atoms with Crippen molar-refractivity contribution in [2.75, 3.05) is 20.2 Å². The van der Waals surface area contributed by atoms with Gasteiger partial charge in [-0.3, -0.25) is 28.5 Å². The van der Waals surface area contributed by atoms with E-state index in [2.05, 4.69) is 16.0 Å². The molecule has 1 aliphatic carbocycles. The number of likely N-dealkylation sites (N-methyl/N-ethyl adjacent to an activating group) is 1. The number of rotatable bonds is 18. The molecule has 14 nitrogen and oxygen atoms in total. The van der Waals surface area contributed by atoms with Crippen LogP contribution < -0.4 is 21.7 Å². The maximum atomic E-state index is 14.6. The number of nitrogens with two attached hydrogens (primary N) is 1. The van der Waals surface area contributed by atoms with Gasteiger partial charge in [-0.25, -0.2) is 4.79 Å². The average molecular weight is 832 g/mol. The third kappa shape index (κ3) is 10.3. The van der Waals surface area contributed by atoms with Crippen molar-refractivity contribution in [3.8, 4) is 0 Å². The quantitative estimate of drug-likeness (QED) is 0.108. The van der Waals surface area contributed by atoms with Gasteiger partial charge in [0.25, 0.3) is 0 Å². The molecule has 0 radical (unpaired) electrons. The monoisotopic (exact) mass is 831 g/mol. The van der Waals surface area contributed by atoms with Crippen molar-refractivity contribution in [3.63, 3.8) is 0 Å². The van der Waals surface area contributed by atoms with Crippen molar-refractivity contribution >= 4 is 46.5 Å². The summed E-state index contributed by atoms with van der Waals surface area (Å²) >= 11 is 0. The number of nitrogens with one attached hydrogen (secondary N) is 3. The number of unbranched alkanes of at least 4 members (excludes halogenated alkanes) is 3. The number of hydrogen-bond acceptors (Lipinski definition) is 8. The van der Waals surface area contributed by atoms with Gasteiger partial charge in [0.15, 0.2) is 0 Å². The van der Waals surface area contributed by atoms with Crippen LogP contribution in [-0.4, -0.2) is 100 Å². The number of ether oxygens (including phenoxy) is 1. The first-order valence-corrected chi connectivity index (χ1v) is 21.6.